The van der Waals surface area contributed by atoms with Gasteiger partial charge in [0.15, 0.2) is 0 Å². The van der Waals surface area contributed by atoms with Crippen molar-refractivity contribution in [2.24, 2.45) is 0 Å². The van der Waals surface area contributed by atoms with Crippen LogP contribution in [0.15, 0.2) is 30.3 Å². The van der Waals surface area contributed by atoms with Crippen molar-refractivity contribution in [3.63, 3.8) is 0 Å². The predicted octanol–water partition coefficient (Wildman–Crippen LogP) is 3.20. The Balaban J connectivity index is 1.98. The van der Waals surface area contributed by atoms with Gasteiger partial charge in [0.05, 0.1) is 6.04 Å². The summed E-state index contributed by atoms with van der Waals surface area (Å²) in [4.78, 5) is 3.79. The van der Waals surface area contributed by atoms with Gasteiger partial charge in [-0.2, -0.15) is 22.5 Å². The molecular weight excluding hydrogens is 260 g/mol. The molecule has 0 radical (unpaired) electrons. The highest BCUT2D eigenvalue weighted by Gasteiger charge is 2.41. The number of halogens is 4. The molecule has 3 rings (SSSR count). The van der Waals surface area contributed by atoms with Crippen molar-refractivity contribution in [1.29, 1.82) is 0 Å². The van der Waals surface area contributed by atoms with Crippen LogP contribution >= 0.6 is 0 Å². The Hall–Kier alpha value is -2.11. The van der Waals surface area contributed by atoms with E-state index >= 15 is 0 Å². The van der Waals surface area contributed by atoms with E-state index in [0.29, 0.717) is 6.54 Å². The minimum Gasteiger partial charge on any atom is -0.355 e. The summed E-state index contributed by atoms with van der Waals surface area (Å²) in [5.41, 5.74) is 0.137. The van der Waals surface area contributed by atoms with Gasteiger partial charge in [-0.15, -0.1) is 0 Å². The number of nitrogens with zero attached hydrogens (tertiary/aromatic N) is 2. The molecule has 2 heterocycles. The molecular formula is C13H8F4N2. The molecule has 0 amide bonds. The molecule has 98 valence electrons. The van der Waals surface area contributed by atoms with Gasteiger partial charge in [-0.1, -0.05) is 30.3 Å². The molecule has 6 heteroatoms. The van der Waals surface area contributed by atoms with E-state index in [1.165, 1.54) is 4.90 Å². The van der Waals surface area contributed by atoms with Gasteiger partial charge in [-0.05, 0) is 5.56 Å². The van der Waals surface area contributed by atoms with Gasteiger partial charge in [-0.3, -0.25) is 0 Å². The molecule has 0 spiro atoms. The second-order valence-electron chi connectivity index (χ2n) is 4.25. The summed E-state index contributed by atoms with van der Waals surface area (Å²) in [6.07, 6.45) is 0. The number of benzene rings is 1. The third-order valence-corrected chi connectivity index (χ3v) is 3.06. The van der Waals surface area contributed by atoms with Crippen LogP contribution in [0.2, 0.25) is 0 Å². The largest absolute Gasteiger partial charge is 0.355 e. The van der Waals surface area contributed by atoms with E-state index in [0.717, 1.165) is 5.56 Å². The van der Waals surface area contributed by atoms with Gasteiger partial charge in [0, 0.05) is 6.54 Å². The number of anilines is 1. The summed E-state index contributed by atoms with van der Waals surface area (Å²) in [7, 11) is 0. The Morgan fingerprint density at radius 2 is 1.53 bits per heavy atom. The molecule has 1 aliphatic rings. The zero-order valence-electron chi connectivity index (χ0n) is 9.58. The first-order valence-electron chi connectivity index (χ1n) is 5.61. The number of pyridine rings is 1. The molecule has 0 bridgehead atoms. The standard InChI is InChI=1S/C13H8F4N2/c14-9-11(10(15)13(17)18-12(9)16)19-6-8(19)7-4-2-1-3-5-7/h1-5,8H,6H2. The molecule has 2 aromatic rings. The fraction of sp³-hybridized carbons (Fsp3) is 0.154. The van der Waals surface area contributed by atoms with Gasteiger partial charge in [0.1, 0.15) is 5.69 Å². The summed E-state index contributed by atoms with van der Waals surface area (Å²) in [5, 5.41) is 0. The highest BCUT2D eigenvalue weighted by Crippen LogP contribution is 2.42. The van der Waals surface area contributed by atoms with E-state index in [4.69, 9.17) is 0 Å². The van der Waals surface area contributed by atoms with Crippen LogP contribution in [0.5, 0.6) is 0 Å². The first kappa shape index (κ1) is 12.0. The quantitative estimate of drug-likeness (QED) is 0.472. The SMILES string of the molecule is Fc1nc(F)c(F)c(N2CC2c2ccccc2)c1F. The van der Waals surface area contributed by atoms with Gasteiger partial charge in [0.25, 0.3) is 11.9 Å². The Morgan fingerprint density at radius 1 is 0.947 bits per heavy atom. The molecule has 1 fully saturated rings. The highest BCUT2D eigenvalue weighted by molar-refractivity contribution is 5.57. The lowest BCUT2D eigenvalue weighted by atomic mass is 10.2. The lowest BCUT2D eigenvalue weighted by Gasteiger charge is -2.09. The van der Waals surface area contributed by atoms with Crippen LogP contribution in [0, 0.1) is 23.5 Å². The number of rotatable bonds is 2. The van der Waals surface area contributed by atoms with Crippen LogP contribution in [0.25, 0.3) is 0 Å². The molecule has 1 aliphatic heterocycles. The fourth-order valence-electron chi connectivity index (χ4n) is 2.08. The Morgan fingerprint density at radius 3 is 2.11 bits per heavy atom. The van der Waals surface area contributed by atoms with Crippen molar-refractivity contribution in [3.8, 4) is 0 Å². The van der Waals surface area contributed by atoms with E-state index in [9.17, 15) is 17.6 Å². The smallest absolute Gasteiger partial charge is 0.253 e. The molecule has 19 heavy (non-hydrogen) atoms. The number of aromatic nitrogens is 1. The zero-order chi connectivity index (χ0) is 13.6. The summed E-state index contributed by atoms with van der Waals surface area (Å²) < 4.78 is 53.1. The predicted molar refractivity (Wildman–Crippen MR) is 60.6 cm³/mol. The van der Waals surface area contributed by atoms with Gasteiger partial charge in [-0.25, -0.2) is 0 Å². The average Bonchev–Trinajstić information content (AvgIpc) is 3.18. The van der Waals surface area contributed by atoms with Crippen LogP contribution in [-0.2, 0) is 0 Å². The summed E-state index contributed by atoms with van der Waals surface area (Å²) >= 11 is 0. The van der Waals surface area contributed by atoms with E-state index in [-0.39, 0.29) is 6.04 Å². The van der Waals surface area contributed by atoms with Crippen molar-refractivity contribution < 1.29 is 17.6 Å². The van der Waals surface area contributed by atoms with E-state index in [1.807, 2.05) is 6.07 Å². The van der Waals surface area contributed by atoms with Gasteiger partial charge < -0.3 is 4.90 Å². The summed E-state index contributed by atoms with van der Waals surface area (Å²) in [6.45, 7) is 0.306. The van der Waals surface area contributed by atoms with Gasteiger partial charge in [0.2, 0.25) is 11.6 Å². The second kappa shape index (κ2) is 4.22. The van der Waals surface area contributed by atoms with Crippen molar-refractivity contribution >= 4 is 5.69 Å². The normalized spacial score (nSPS) is 17.7. The van der Waals surface area contributed by atoms with Crippen LogP contribution in [-0.4, -0.2) is 11.5 Å². The fourth-order valence-corrected chi connectivity index (χ4v) is 2.08. The minimum atomic E-state index is -1.63. The molecule has 1 unspecified atom stereocenters. The topological polar surface area (TPSA) is 15.9 Å². The van der Waals surface area contributed by atoms with Crippen molar-refractivity contribution in [3.05, 3.63) is 59.4 Å². The molecule has 2 nitrogen and oxygen atoms in total. The minimum absolute atomic E-state index is 0.272. The molecule has 0 saturated carbocycles. The Labute approximate surface area is 106 Å². The maximum atomic E-state index is 13.5. The highest BCUT2D eigenvalue weighted by atomic mass is 19.2. The lowest BCUT2D eigenvalue weighted by molar-refractivity contribution is 0.409. The molecule has 1 saturated heterocycles. The molecule has 0 N–H and O–H groups in total. The van der Waals surface area contributed by atoms with E-state index < -0.39 is 29.2 Å². The van der Waals surface area contributed by atoms with Gasteiger partial charge >= 0.3 is 0 Å². The molecule has 0 aliphatic carbocycles. The first-order chi connectivity index (χ1) is 9.09. The Kier molecular flexibility index (Phi) is 2.66. The number of hydrogen-bond acceptors (Lipinski definition) is 2. The van der Waals surface area contributed by atoms with Crippen molar-refractivity contribution in [2.45, 2.75) is 6.04 Å². The van der Waals surface area contributed by atoms with Crippen LogP contribution in [0.3, 0.4) is 0 Å². The average molecular weight is 268 g/mol. The monoisotopic (exact) mass is 268 g/mol. The maximum Gasteiger partial charge on any atom is 0.253 e. The third kappa shape index (κ3) is 1.93. The van der Waals surface area contributed by atoms with Crippen LogP contribution in [0.1, 0.15) is 11.6 Å². The van der Waals surface area contributed by atoms with E-state index in [1.54, 1.807) is 24.3 Å². The Bertz CT molecular complexity index is 604. The van der Waals surface area contributed by atoms with Crippen LogP contribution in [0.4, 0.5) is 23.2 Å². The first-order valence-corrected chi connectivity index (χ1v) is 5.61. The van der Waals surface area contributed by atoms with Crippen molar-refractivity contribution in [1.82, 2.24) is 4.98 Å². The zero-order valence-corrected chi connectivity index (χ0v) is 9.58. The van der Waals surface area contributed by atoms with E-state index in [2.05, 4.69) is 4.98 Å². The maximum absolute atomic E-state index is 13.5. The van der Waals surface area contributed by atoms with Crippen molar-refractivity contribution in [2.75, 3.05) is 11.4 Å². The van der Waals surface area contributed by atoms with Crippen LogP contribution < -0.4 is 4.90 Å². The third-order valence-electron chi connectivity index (χ3n) is 3.06. The summed E-state index contributed by atoms with van der Waals surface area (Å²) in [6, 6.07) is 8.68. The molecule has 1 aromatic heterocycles. The lowest BCUT2D eigenvalue weighted by Crippen LogP contribution is -2.08. The second-order valence-corrected chi connectivity index (χ2v) is 4.25. The summed E-state index contributed by atoms with van der Waals surface area (Å²) in [5.74, 6) is -6.19. The number of hydrogen-bond donors (Lipinski definition) is 0. The molecule has 1 atom stereocenters. The molecule has 1 aromatic carbocycles.